The van der Waals surface area contributed by atoms with Gasteiger partial charge in [-0.05, 0) is 34.4 Å². The Hall–Kier alpha value is -0.610. The lowest BCUT2D eigenvalue weighted by Gasteiger charge is -2.22. The Bertz CT molecular complexity index is 172. The third kappa shape index (κ3) is 6.86. The largest absolute Gasteiger partial charge is 0.481 e. The van der Waals surface area contributed by atoms with Crippen LogP contribution in [-0.4, -0.2) is 48.7 Å². The molecule has 0 aromatic heterocycles. The Labute approximate surface area is 86.3 Å². The van der Waals surface area contributed by atoms with Crippen molar-refractivity contribution in [1.29, 1.82) is 0 Å². The second-order valence-electron chi connectivity index (χ2n) is 4.05. The van der Waals surface area contributed by atoms with Gasteiger partial charge in [-0.2, -0.15) is 0 Å². The van der Waals surface area contributed by atoms with Crippen molar-refractivity contribution in [2.45, 2.75) is 38.8 Å². The number of carboxylic acids is 1. The second kappa shape index (κ2) is 6.79. The van der Waals surface area contributed by atoms with Gasteiger partial charge < -0.3 is 15.3 Å². The van der Waals surface area contributed by atoms with E-state index in [-0.39, 0.29) is 12.5 Å². The van der Waals surface area contributed by atoms with E-state index in [2.05, 4.69) is 17.1 Å². The van der Waals surface area contributed by atoms with Crippen LogP contribution in [0.4, 0.5) is 0 Å². The van der Waals surface area contributed by atoms with Crippen LogP contribution in [-0.2, 0) is 4.79 Å². The van der Waals surface area contributed by atoms with Crippen LogP contribution >= 0.6 is 0 Å². The van der Waals surface area contributed by atoms with Gasteiger partial charge in [0, 0.05) is 25.0 Å². The molecule has 0 bridgehead atoms. The average Bonchev–Trinajstić information content (AvgIpc) is 2.10. The Balaban J connectivity index is 3.53. The normalized spacial score (nSPS) is 15.5. The molecular weight excluding hydrogens is 180 g/mol. The summed E-state index contributed by atoms with van der Waals surface area (Å²) in [7, 11) is 4.07. The monoisotopic (exact) mass is 202 g/mol. The highest BCUT2D eigenvalue weighted by Gasteiger charge is 2.08. The van der Waals surface area contributed by atoms with Crippen LogP contribution in [0.5, 0.6) is 0 Å². The summed E-state index contributed by atoms with van der Waals surface area (Å²) < 4.78 is 0. The van der Waals surface area contributed by atoms with E-state index in [0.29, 0.717) is 12.5 Å². The highest BCUT2D eigenvalue weighted by Crippen LogP contribution is 1.97. The minimum atomic E-state index is -0.723. The number of carboxylic acid groups (broad SMARTS) is 1. The molecule has 0 aromatic rings. The zero-order valence-electron chi connectivity index (χ0n) is 9.58. The first kappa shape index (κ1) is 13.4. The topological polar surface area (TPSA) is 52.6 Å². The third-order valence-electron chi connectivity index (χ3n) is 2.43. The number of hydrogen-bond acceptors (Lipinski definition) is 3. The third-order valence-corrected chi connectivity index (χ3v) is 2.43. The van der Waals surface area contributed by atoms with Gasteiger partial charge in [-0.3, -0.25) is 4.79 Å². The van der Waals surface area contributed by atoms with E-state index in [1.165, 1.54) is 0 Å². The molecular formula is C10H22N2O2. The molecule has 0 spiro atoms. The molecule has 0 aromatic carbocycles. The van der Waals surface area contributed by atoms with Crippen molar-refractivity contribution >= 4 is 5.97 Å². The number of likely N-dealkylation sites (N-methyl/N-ethyl adjacent to an activating group) is 1. The van der Waals surface area contributed by atoms with Crippen LogP contribution in [0, 0.1) is 0 Å². The maximum atomic E-state index is 10.3. The first-order valence-electron chi connectivity index (χ1n) is 5.05. The summed E-state index contributed by atoms with van der Waals surface area (Å²) in [5.41, 5.74) is 0. The molecule has 0 aliphatic heterocycles. The number of hydrogen-bond donors (Lipinski definition) is 2. The molecule has 4 heteroatoms. The lowest BCUT2D eigenvalue weighted by Crippen LogP contribution is -2.39. The SMILES string of the molecule is CC(CCC(=O)O)NCC(C)N(C)C. The van der Waals surface area contributed by atoms with Crippen molar-refractivity contribution in [2.75, 3.05) is 20.6 Å². The van der Waals surface area contributed by atoms with Crippen LogP contribution in [0.1, 0.15) is 26.7 Å². The van der Waals surface area contributed by atoms with E-state index in [9.17, 15) is 4.79 Å². The van der Waals surface area contributed by atoms with E-state index < -0.39 is 5.97 Å². The predicted octanol–water partition coefficient (Wildman–Crippen LogP) is 0.779. The molecule has 0 saturated heterocycles. The molecule has 0 saturated carbocycles. The fourth-order valence-electron chi connectivity index (χ4n) is 0.996. The van der Waals surface area contributed by atoms with Crippen LogP contribution < -0.4 is 5.32 Å². The molecule has 0 rings (SSSR count). The fraction of sp³-hybridized carbons (Fsp3) is 0.900. The molecule has 0 fully saturated rings. The molecule has 84 valence electrons. The Morgan fingerprint density at radius 1 is 1.43 bits per heavy atom. The highest BCUT2D eigenvalue weighted by molar-refractivity contribution is 5.66. The van der Waals surface area contributed by atoms with Crippen LogP contribution in [0.2, 0.25) is 0 Å². The summed E-state index contributed by atoms with van der Waals surface area (Å²) in [6, 6.07) is 0.746. The number of nitrogens with one attached hydrogen (secondary N) is 1. The molecule has 2 N–H and O–H groups in total. The van der Waals surface area contributed by atoms with Crippen molar-refractivity contribution in [1.82, 2.24) is 10.2 Å². The summed E-state index contributed by atoms with van der Waals surface area (Å²) >= 11 is 0. The van der Waals surface area contributed by atoms with E-state index in [1.54, 1.807) is 0 Å². The first-order valence-corrected chi connectivity index (χ1v) is 5.05. The maximum Gasteiger partial charge on any atom is 0.303 e. The molecule has 0 radical (unpaired) electrons. The summed E-state index contributed by atoms with van der Waals surface area (Å²) in [4.78, 5) is 12.4. The Morgan fingerprint density at radius 3 is 2.43 bits per heavy atom. The minimum Gasteiger partial charge on any atom is -0.481 e. The fourth-order valence-corrected chi connectivity index (χ4v) is 0.996. The maximum absolute atomic E-state index is 10.3. The van der Waals surface area contributed by atoms with Gasteiger partial charge in [0.2, 0.25) is 0 Å². The van der Waals surface area contributed by atoms with Gasteiger partial charge in [-0.25, -0.2) is 0 Å². The highest BCUT2D eigenvalue weighted by atomic mass is 16.4. The standard InChI is InChI=1S/C10H22N2O2/c1-8(5-6-10(13)14)11-7-9(2)12(3)4/h8-9,11H,5-7H2,1-4H3,(H,13,14). The van der Waals surface area contributed by atoms with Crippen molar-refractivity contribution < 1.29 is 9.90 Å². The average molecular weight is 202 g/mol. The lowest BCUT2D eigenvalue weighted by atomic mass is 10.1. The van der Waals surface area contributed by atoms with Gasteiger partial charge in [0.1, 0.15) is 0 Å². The molecule has 2 unspecified atom stereocenters. The summed E-state index contributed by atoms with van der Waals surface area (Å²) in [5.74, 6) is -0.723. The zero-order chi connectivity index (χ0) is 11.1. The molecule has 0 aliphatic rings. The summed E-state index contributed by atoms with van der Waals surface area (Å²) in [5, 5.41) is 11.8. The van der Waals surface area contributed by atoms with E-state index in [4.69, 9.17) is 5.11 Å². The quantitative estimate of drug-likeness (QED) is 0.640. The number of aliphatic carboxylic acids is 1. The molecule has 0 amide bonds. The smallest absolute Gasteiger partial charge is 0.303 e. The zero-order valence-corrected chi connectivity index (χ0v) is 9.58. The predicted molar refractivity (Wildman–Crippen MR) is 57.5 cm³/mol. The van der Waals surface area contributed by atoms with Crippen LogP contribution in [0.25, 0.3) is 0 Å². The van der Waals surface area contributed by atoms with Gasteiger partial charge in [-0.1, -0.05) is 0 Å². The number of rotatable bonds is 7. The van der Waals surface area contributed by atoms with Crippen molar-refractivity contribution in [3.63, 3.8) is 0 Å². The van der Waals surface area contributed by atoms with E-state index >= 15 is 0 Å². The molecule has 14 heavy (non-hydrogen) atoms. The number of carbonyl (C=O) groups is 1. The minimum absolute atomic E-state index is 0.241. The Kier molecular flexibility index (Phi) is 6.49. The molecule has 4 nitrogen and oxygen atoms in total. The molecule has 0 heterocycles. The lowest BCUT2D eigenvalue weighted by molar-refractivity contribution is -0.137. The van der Waals surface area contributed by atoms with Gasteiger partial charge in [0.05, 0.1) is 0 Å². The van der Waals surface area contributed by atoms with Crippen molar-refractivity contribution in [2.24, 2.45) is 0 Å². The van der Waals surface area contributed by atoms with Gasteiger partial charge in [0.25, 0.3) is 0 Å². The molecule has 0 aliphatic carbocycles. The van der Waals surface area contributed by atoms with Crippen LogP contribution in [0.15, 0.2) is 0 Å². The van der Waals surface area contributed by atoms with Gasteiger partial charge >= 0.3 is 5.97 Å². The number of nitrogens with zero attached hydrogens (tertiary/aromatic N) is 1. The van der Waals surface area contributed by atoms with Gasteiger partial charge in [-0.15, -0.1) is 0 Å². The molecule has 2 atom stereocenters. The van der Waals surface area contributed by atoms with E-state index in [1.807, 2.05) is 21.0 Å². The second-order valence-corrected chi connectivity index (χ2v) is 4.05. The Morgan fingerprint density at radius 2 is 2.00 bits per heavy atom. The van der Waals surface area contributed by atoms with E-state index in [0.717, 1.165) is 6.54 Å². The van der Waals surface area contributed by atoms with Gasteiger partial charge in [0.15, 0.2) is 0 Å². The summed E-state index contributed by atoms with van der Waals surface area (Å²) in [6.07, 6.45) is 0.931. The van der Waals surface area contributed by atoms with Crippen LogP contribution in [0.3, 0.4) is 0 Å². The summed E-state index contributed by atoms with van der Waals surface area (Å²) in [6.45, 7) is 5.05. The van der Waals surface area contributed by atoms with Crippen molar-refractivity contribution in [3.05, 3.63) is 0 Å². The first-order chi connectivity index (χ1) is 6.43. The van der Waals surface area contributed by atoms with Crippen molar-refractivity contribution in [3.8, 4) is 0 Å².